The minimum absolute atomic E-state index is 0.505. The van der Waals surface area contributed by atoms with Crippen molar-refractivity contribution in [1.29, 1.82) is 0 Å². The number of benzene rings is 1. The SMILES string of the molecule is C=C(N)N1CCN(c2cc(N)nc3cc(Cl)ccc23)CC1. The van der Waals surface area contributed by atoms with Gasteiger partial charge in [0.15, 0.2) is 0 Å². The van der Waals surface area contributed by atoms with Gasteiger partial charge in [-0.05, 0) is 18.2 Å². The molecular weight excluding hydrogens is 286 g/mol. The molecule has 1 aliphatic rings. The summed E-state index contributed by atoms with van der Waals surface area (Å²) in [7, 11) is 0. The molecule has 0 atom stereocenters. The maximum absolute atomic E-state index is 6.04. The van der Waals surface area contributed by atoms with Crippen molar-refractivity contribution < 1.29 is 0 Å². The summed E-state index contributed by atoms with van der Waals surface area (Å²) in [5, 5.41) is 1.73. The van der Waals surface area contributed by atoms with Gasteiger partial charge in [-0.2, -0.15) is 0 Å². The van der Waals surface area contributed by atoms with E-state index >= 15 is 0 Å². The summed E-state index contributed by atoms with van der Waals surface area (Å²) in [6.45, 7) is 7.24. The van der Waals surface area contributed by atoms with Crippen molar-refractivity contribution in [2.45, 2.75) is 0 Å². The van der Waals surface area contributed by atoms with Crippen LogP contribution < -0.4 is 16.4 Å². The largest absolute Gasteiger partial charge is 0.386 e. The van der Waals surface area contributed by atoms with Crippen LogP contribution in [0.5, 0.6) is 0 Å². The van der Waals surface area contributed by atoms with Gasteiger partial charge in [0.2, 0.25) is 0 Å². The Hall–Kier alpha value is -2.14. The first-order chi connectivity index (χ1) is 10.0. The standard InChI is InChI=1S/C15H18ClN5/c1-10(17)20-4-6-21(7-5-20)14-9-15(18)19-13-8-11(16)2-3-12(13)14/h2-3,8-9H,1,4-7,17H2,(H2,18,19). The lowest BCUT2D eigenvalue weighted by molar-refractivity contribution is 0.320. The molecule has 0 amide bonds. The van der Waals surface area contributed by atoms with Crippen molar-refractivity contribution in [2.24, 2.45) is 5.73 Å². The zero-order valence-corrected chi connectivity index (χ0v) is 12.5. The van der Waals surface area contributed by atoms with E-state index < -0.39 is 0 Å². The number of nitrogen functional groups attached to an aromatic ring is 1. The highest BCUT2D eigenvalue weighted by Gasteiger charge is 2.19. The predicted octanol–water partition coefficient (Wildman–Crippen LogP) is 2.02. The van der Waals surface area contributed by atoms with Crippen LogP contribution in [0.1, 0.15) is 0 Å². The van der Waals surface area contributed by atoms with Crippen LogP contribution in [-0.2, 0) is 0 Å². The van der Waals surface area contributed by atoms with Crippen LogP contribution in [0.25, 0.3) is 10.9 Å². The first kappa shape index (κ1) is 13.8. The molecule has 1 aromatic heterocycles. The third-order valence-electron chi connectivity index (χ3n) is 3.80. The van der Waals surface area contributed by atoms with Crippen LogP contribution in [0.4, 0.5) is 11.5 Å². The third-order valence-corrected chi connectivity index (χ3v) is 4.03. The van der Waals surface area contributed by atoms with Crippen LogP contribution in [0.15, 0.2) is 36.7 Å². The zero-order chi connectivity index (χ0) is 15.0. The summed E-state index contributed by atoms with van der Waals surface area (Å²) in [6.07, 6.45) is 0. The number of hydrogen-bond donors (Lipinski definition) is 2. The van der Waals surface area contributed by atoms with Gasteiger partial charge in [0.25, 0.3) is 0 Å². The summed E-state index contributed by atoms with van der Waals surface area (Å²) >= 11 is 6.04. The van der Waals surface area contributed by atoms with E-state index in [1.807, 2.05) is 24.3 Å². The predicted molar refractivity (Wildman–Crippen MR) is 88.3 cm³/mol. The molecule has 1 aromatic carbocycles. The Bertz CT molecular complexity index is 687. The van der Waals surface area contributed by atoms with E-state index in [1.54, 1.807) is 0 Å². The molecule has 0 saturated carbocycles. The number of piperazine rings is 1. The molecule has 3 rings (SSSR count). The molecule has 1 fully saturated rings. The van der Waals surface area contributed by atoms with Gasteiger partial charge in [0.1, 0.15) is 5.82 Å². The molecule has 110 valence electrons. The monoisotopic (exact) mass is 303 g/mol. The van der Waals surface area contributed by atoms with Crippen LogP contribution in [0, 0.1) is 0 Å². The smallest absolute Gasteiger partial charge is 0.126 e. The zero-order valence-electron chi connectivity index (χ0n) is 11.7. The van der Waals surface area contributed by atoms with Crippen LogP contribution in [0.2, 0.25) is 5.02 Å². The Kier molecular flexibility index (Phi) is 3.51. The molecule has 1 saturated heterocycles. The van der Waals surface area contributed by atoms with Gasteiger partial charge in [-0.1, -0.05) is 18.2 Å². The molecule has 21 heavy (non-hydrogen) atoms. The molecule has 4 N–H and O–H groups in total. The average Bonchev–Trinajstić information content (AvgIpc) is 2.46. The fourth-order valence-corrected chi connectivity index (χ4v) is 2.87. The second-order valence-electron chi connectivity index (χ2n) is 5.19. The highest BCUT2D eigenvalue weighted by molar-refractivity contribution is 6.31. The van der Waals surface area contributed by atoms with E-state index in [9.17, 15) is 0 Å². The van der Waals surface area contributed by atoms with Crippen LogP contribution in [0.3, 0.4) is 0 Å². The molecular formula is C15H18ClN5. The minimum Gasteiger partial charge on any atom is -0.386 e. The van der Waals surface area contributed by atoms with Gasteiger partial charge in [0.05, 0.1) is 11.3 Å². The van der Waals surface area contributed by atoms with Gasteiger partial charge in [-0.15, -0.1) is 0 Å². The summed E-state index contributed by atoms with van der Waals surface area (Å²) in [6, 6.07) is 7.63. The van der Waals surface area contributed by atoms with Gasteiger partial charge in [0, 0.05) is 48.3 Å². The Morgan fingerprint density at radius 3 is 2.57 bits per heavy atom. The summed E-state index contributed by atoms with van der Waals surface area (Å²) in [5.74, 6) is 1.13. The number of hydrogen-bond acceptors (Lipinski definition) is 5. The average molecular weight is 304 g/mol. The molecule has 0 aliphatic carbocycles. The van der Waals surface area contributed by atoms with Crippen LogP contribution >= 0.6 is 11.6 Å². The van der Waals surface area contributed by atoms with E-state index in [1.165, 1.54) is 0 Å². The molecule has 1 aliphatic heterocycles. The van der Waals surface area contributed by atoms with E-state index in [4.69, 9.17) is 23.1 Å². The van der Waals surface area contributed by atoms with Crippen molar-refractivity contribution in [3.63, 3.8) is 0 Å². The van der Waals surface area contributed by atoms with E-state index in [-0.39, 0.29) is 0 Å². The summed E-state index contributed by atoms with van der Waals surface area (Å²) in [5.41, 5.74) is 13.6. The second-order valence-corrected chi connectivity index (χ2v) is 5.63. The fourth-order valence-electron chi connectivity index (χ4n) is 2.70. The third kappa shape index (κ3) is 2.69. The lowest BCUT2D eigenvalue weighted by Gasteiger charge is -2.37. The first-order valence-electron chi connectivity index (χ1n) is 6.84. The first-order valence-corrected chi connectivity index (χ1v) is 7.22. The molecule has 2 aromatic rings. The highest BCUT2D eigenvalue weighted by atomic mass is 35.5. The quantitative estimate of drug-likeness (QED) is 0.888. The van der Waals surface area contributed by atoms with Crippen molar-refractivity contribution in [1.82, 2.24) is 9.88 Å². The van der Waals surface area contributed by atoms with Gasteiger partial charge < -0.3 is 21.3 Å². The number of pyridine rings is 1. The molecule has 0 radical (unpaired) electrons. The number of halogens is 1. The number of rotatable bonds is 2. The van der Waals surface area contributed by atoms with Crippen molar-refractivity contribution >= 4 is 34.0 Å². The summed E-state index contributed by atoms with van der Waals surface area (Å²) in [4.78, 5) is 8.74. The lowest BCUT2D eigenvalue weighted by atomic mass is 10.1. The molecule has 0 unspecified atom stereocenters. The van der Waals surface area contributed by atoms with Gasteiger partial charge in [-0.25, -0.2) is 4.98 Å². The Morgan fingerprint density at radius 2 is 1.90 bits per heavy atom. The Labute approximate surface area is 128 Å². The highest BCUT2D eigenvalue weighted by Crippen LogP contribution is 2.30. The summed E-state index contributed by atoms with van der Waals surface area (Å²) < 4.78 is 0. The number of fused-ring (bicyclic) bond motifs is 1. The van der Waals surface area contributed by atoms with Crippen molar-refractivity contribution in [3.8, 4) is 0 Å². The van der Waals surface area contributed by atoms with E-state index in [0.717, 1.165) is 42.8 Å². The van der Waals surface area contributed by atoms with Crippen molar-refractivity contribution in [3.05, 3.63) is 41.7 Å². The number of aromatic nitrogens is 1. The molecule has 6 heteroatoms. The number of nitrogens with two attached hydrogens (primary N) is 2. The fraction of sp³-hybridized carbons (Fsp3) is 0.267. The van der Waals surface area contributed by atoms with Gasteiger partial charge >= 0.3 is 0 Å². The Balaban J connectivity index is 1.95. The number of nitrogens with zero attached hydrogens (tertiary/aromatic N) is 3. The topological polar surface area (TPSA) is 71.4 Å². The number of anilines is 2. The van der Waals surface area contributed by atoms with E-state index in [2.05, 4.69) is 21.4 Å². The molecule has 5 nitrogen and oxygen atoms in total. The second kappa shape index (κ2) is 5.33. The lowest BCUT2D eigenvalue weighted by Crippen LogP contribution is -2.47. The molecule has 0 bridgehead atoms. The van der Waals surface area contributed by atoms with E-state index in [0.29, 0.717) is 16.7 Å². The minimum atomic E-state index is 0.505. The Morgan fingerprint density at radius 1 is 1.19 bits per heavy atom. The van der Waals surface area contributed by atoms with Crippen molar-refractivity contribution in [2.75, 3.05) is 36.8 Å². The van der Waals surface area contributed by atoms with Crippen LogP contribution in [-0.4, -0.2) is 36.1 Å². The maximum Gasteiger partial charge on any atom is 0.126 e. The van der Waals surface area contributed by atoms with Gasteiger partial charge in [-0.3, -0.25) is 0 Å². The normalized spacial score (nSPS) is 15.5. The maximum atomic E-state index is 6.04. The molecule has 2 heterocycles. The molecule has 0 spiro atoms.